The standard InChI is InChI=1S/C22H32O/c1-6-7-8-9-18-11-13-20(22(15-18)23-5)21-14-17(4)10-12-19(21)16(2)3/h11,13-15,19,21H,2,6-10,12H2,1,3-5H3/t19-,21?/m0/s1. The van der Waals surface area contributed by atoms with E-state index < -0.39 is 0 Å². The molecule has 0 spiro atoms. The van der Waals surface area contributed by atoms with E-state index in [0.717, 1.165) is 12.2 Å². The number of hydrogen-bond donors (Lipinski definition) is 0. The van der Waals surface area contributed by atoms with Crippen molar-refractivity contribution in [3.05, 3.63) is 53.1 Å². The molecule has 0 heterocycles. The van der Waals surface area contributed by atoms with Gasteiger partial charge in [0.2, 0.25) is 0 Å². The van der Waals surface area contributed by atoms with Crippen molar-refractivity contribution < 1.29 is 4.74 Å². The van der Waals surface area contributed by atoms with Gasteiger partial charge in [-0.15, -0.1) is 0 Å². The van der Waals surface area contributed by atoms with E-state index in [1.807, 2.05) is 0 Å². The molecule has 1 heteroatoms. The maximum absolute atomic E-state index is 5.75. The van der Waals surface area contributed by atoms with Crippen LogP contribution >= 0.6 is 0 Å². The topological polar surface area (TPSA) is 9.23 Å². The van der Waals surface area contributed by atoms with Crippen LogP contribution in [0.1, 0.15) is 69.9 Å². The molecule has 0 N–H and O–H groups in total. The lowest BCUT2D eigenvalue weighted by molar-refractivity contribution is 0.396. The maximum atomic E-state index is 5.75. The van der Waals surface area contributed by atoms with E-state index in [0.29, 0.717) is 11.8 Å². The van der Waals surface area contributed by atoms with Gasteiger partial charge in [-0.05, 0) is 57.1 Å². The van der Waals surface area contributed by atoms with Gasteiger partial charge in [-0.3, -0.25) is 0 Å². The number of aryl methyl sites for hydroxylation is 1. The number of ether oxygens (including phenoxy) is 1. The molecule has 0 aliphatic heterocycles. The van der Waals surface area contributed by atoms with Crippen molar-refractivity contribution in [1.29, 1.82) is 0 Å². The van der Waals surface area contributed by atoms with E-state index in [1.165, 1.54) is 54.4 Å². The van der Waals surface area contributed by atoms with Crippen LogP contribution in [0.5, 0.6) is 5.75 Å². The summed E-state index contributed by atoms with van der Waals surface area (Å²) < 4.78 is 5.75. The molecule has 0 aromatic heterocycles. The van der Waals surface area contributed by atoms with Crippen LogP contribution in [-0.2, 0) is 6.42 Å². The van der Waals surface area contributed by atoms with Crippen molar-refractivity contribution in [2.24, 2.45) is 5.92 Å². The van der Waals surface area contributed by atoms with E-state index in [9.17, 15) is 0 Å². The van der Waals surface area contributed by atoms with Crippen molar-refractivity contribution >= 4 is 0 Å². The van der Waals surface area contributed by atoms with Gasteiger partial charge >= 0.3 is 0 Å². The molecular formula is C22H32O. The van der Waals surface area contributed by atoms with Crippen molar-refractivity contribution in [3.8, 4) is 5.75 Å². The van der Waals surface area contributed by atoms with Crippen molar-refractivity contribution in [2.75, 3.05) is 7.11 Å². The number of rotatable bonds is 7. The fraction of sp³-hybridized carbons (Fsp3) is 0.545. The van der Waals surface area contributed by atoms with Crippen LogP contribution < -0.4 is 4.74 Å². The number of allylic oxidation sites excluding steroid dienone is 3. The summed E-state index contributed by atoms with van der Waals surface area (Å²) in [5.41, 5.74) is 5.48. The van der Waals surface area contributed by atoms with Gasteiger partial charge in [0.1, 0.15) is 5.75 Å². The van der Waals surface area contributed by atoms with Gasteiger partial charge in [0.25, 0.3) is 0 Å². The summed E-state index contributed by atoms with van der Waals surface area (Å²) in [4.78, 5) is 0. The molecular weight excluding hydrogens is 280 g/mol. The van der Waals surface area contributed by atoms with Gasteiger partial charge in [-0.25, -0.2) is 0 Å². The fourth-order valence-electron chi connectivity index (χ4n) is 3.69. The predicted molar refractivity (Wildman–Crippen MR) is 100 cm³/mol. The largest absolute Gasteiger partial charge is 0.496 e. The van der Waals surface area contributed by atoms with Crippen LogP contribution in [0.4, 0.5) is 0 Å². The Morgan fingerprint density at radius 1 is 1.30 bits per heavy atom. The molecule has 0 radical (unpaired) electrons. The number of hydrogen-bond acceptors (Lipinski definition) is 1. The minimum absolute atomic E-state index is 0.404. The van der Waals surface area contributed by atoms with E-state index in [2.05, 4.69) is 51.6 Å². The lowest BCUT2D eigenvalue weighted by Gasteiger charge is -2.31. The Morgan fingerprint density at radius 2 is 2.09 bits per heavy atom. The van der Waals surface area contributed by atoms with Crippen molar-refractivity contribution in [3.63, 3.8) is 0 Å². The maximum Gasteiger partial charge on any atom is 0.122 e. The molecule has 2 atom stereocenters. The highest BCUT2D eigenvalue weighted by Gasteiger charge is 2.27. The van der Waals surface area contributed by atoms with Crippen LogP contribution in [0, 0.1) is 5.92 Å². The van der Waals surface area contributed by atoms with E-state index in [1.54, 1.807) is 7.11 Å². The molecule has 0 fully saturated rings. The van der Waals surface area contributed by atoms with Gasteiger partial charge in [0.05, 0.1) is 7.11 Å². The lowest BCUT2D eigenvalue weighted by Crippen LogP contribution is -2.17. The quantitative estimate of drug-likeness (QED) is 0.415. The van der Waals surface area contributed by atoms with Gasteiger partial charge in [-0.1, -0.05) is 55.7 Å². The smallest absolute Gasteiger partial charge is 0.122 e. The second-order valence-corrected chi connectivity index (χ2v) is 7.06. The van der Waals surface area contributed by atoms with Crippen LogP contribution in [-0.4, -0.2) is 7.11 Å². The van der Waals surface area contributed by atoms with Crippen LogP contribution in [0.25, 0.3) is 0 Å². The average Bonchev–Trinajstić information content (AvgIpc) is 2.54. The Kier molecular flexibility index (Phi) is 6.50. The van der Waals surface area contributed by atoms with Gasteiger partial charge in [0.15, 0.2) is 0 Å². The molecule has 1 aromatic rings. The zero-order valence-corrected chi connectivity index (χ0v) is 15.3. The van der Waals surface area contributed by atoms with E-state index in [4.69, 9.17) is 4.74 Å². The van der Waals surface area contributed by atoms with Gasteiger partial charge < -0.3 is 4.74 Å². The Hall–Kier alpha value is -1.50. The highest BCUT2D eigenvalue weighted by atomic mass is 16.5. The summed E-state index contributed by atoms with van der Waals surface area (Å²) in [7, 11) is 1.80. The van der Waals surface area contributed by atoms with Crippen molar-refractivity contribution in [1.82, 2.24) is 0 Å². The van der Waals surface area contributed by atoms with E-state index in [-0.39, 0.29) is 0 Å². The Labute approximate surface area is 142 Å². The Bertz CT molecular complexity index is 567. The molecule has 1 aliphatic carbocycles. The first-order valence-electron chi connectivity index (χ1n) is 9.06. The summed E-state index contributed by atoms with van der Waals surface area (Å²) >= 11 is 0. The summed E-state index contributed by atoms with van der Waals surface area (Å²) in [5, 5.41) is 0. The third kappa shape index (κ3) is 4.50. The summed E-state index contributed by atoms with van der Waals surface area (Å²) in [6, 6.07) is 6.83. The second-order valence-electron chi connectivity index (χ2n) is 7.06. The zero-order valence-electron chi connectivity index (χ0n) is 15.3. The first-order valence-corrected chi connectivity index (χ1v) is 9.06. The second kappa shape index (κ2) is 8.38. The Balaban J connectivity index is 2.29. The minimum Gasteiger partial charge on any atom is -0.496 e. The minimum atomic E-state index is 0.404. The highest BCUT2D eigenvalue weighted by molar-refractivity contribution is 5.44. The summed E-state index contributed by atoms with van der Waals surface area (Å²) in [6.07, 6.45) is 9.78. The molecule has 2 rings (SSSR count). The summed E-state index contributed by atoms with van der Waals surface area (Å²) in [5.74, 6) is 1.97. The predicted octanol–water partition coefficient (Wildman–Crippen LogP) is 6.44. The molecule has 0 saturated carbocycles. The van der Waals surface area contributed by atoms with Crippen LogP contribution in [0.3, 0.4) is 0 Å². The first kappa shape index (κ1) is 17.8. The highest BCUT2D eigenvalue weighted by Crippen LogP contribution is 2.43. The fourth-order valence-corrected chi connectivity index (χ4v) is 3.69. The number of methoxy groups -OCH3 is 1. The SMILES string of the molecule is C=C(C)[C@@H]1CCC(C)=CC1c1ccc(CCCCC)cc1OC. The molecule has 0 amide bonds. The molecule has 1 unspecified atom stereocenters. The van der Waals surface area contributed by atoms with Gasteiger partial charge in [-0.2, -0.15) is 0 Å². The molecule has 126 valence electrons. The zero-order chi connectivity index (χ0) is 16.8. The molecule has 1 nitrogen and oxygen atoms in total. The molecule has 23 heavy (non-hydrogen) atoms. The third-order valence-electron chi connectivity index (χ3n) is 5.11. The Morgan fingerprint density at radius 3 is 2.74 bits per heavy atom. The molecule has 1 aliphatic rings. The molecule has 1 aromatic carbocycles. The normalized spacial score (nSPS) is 21.0. The molecule has 0 bridgehead atoms. The van der Waals surface area contributed by atoms with E-state index >= 15 is 0 Å². The van der Waals surface area contributed by atoms with Crippen LogP contribution in [0.2, 0.25) is 0 Å². The van der Waals surface area contributed by atoms with Crippen molar-refractivity contribution in [2.45, 2.75) is 65.2 Å². The number of unbranched alkanes of at least 4 members (excludes halogenated alkanes) is 2. The lowest BCUT2D eigenvalue weighted by atomic mass is 9.74. The first-order chi connectivity index (χ1) is 11.1. The van der Waals surface area contributed by atoms with Crippen LogP contribution in [0.15, 0.2) is 42.0 Å². The summed E-state index contributed by atoms with van der Waals surface area (Å²) in [6.45, 7) is 10.9. The van der Waals surface area contributed by atoms with Gasteiger partial charge in [0, 0.05) is 11.5 Å². The monoisotopic (exact) mass is 312 g/mol. The average molecular weight is 312 g/mol. The molecule has 0 saturated heterocycles. The third-order valence-corrected chi connectivity index (χ3v) is 5.11. The number of benzene rings is 1.